The molecule has 0 aromatic heterocycles. The van der Waals surface area contributed by atoms with Crippen LogP contribution >= 0.6 is 0 Å². The number of carbonyl (C=O) groups excluding carboxylic acids is 1. The molecule has 0 saturated heterocycles. The largest absolute Gasteiger partial charge is 0.300 e. The Hall–Kier alpha value is -0.330. The molecule has 0 aliphatic heterocycles. The van der Waals surface area contributed by atoms with Crippen molar-refractivity contribution in [1.82, 2.24) is 0 Å². The second kappa shape index (κ2) is 3.00. The first-order valence-corrected chi connectivity index (χ1v) is 3.81. The minimum absolute atomic E-state index is 0.472. The van der Waals surface area contributed by atoms with Crippen LogP contribution in [0.25, 0.3) is 0 Å². The first-order valence-electron chi connectivity index (χ1n) is 3.81. The Kier molecular flexibility index (Phi) is 2.26. The van der Waals surface area contributed by atoms with Gasteiger partial charge in [0.15, 0.2) is 0 Å². The molecule has 1 saturated carbocycles. The van der Waals surface area contributed by atoms with Crippen molar-refractivity contribution in [3.05, 3.63) is 0 Å². The Bertz CT molecular complexity index is 107. The summed E-state index contributed by atoms with van der Waals surface area (Å²) >= 11 is 0. The molecule has 0 spiro atoms. The summed E-state index contributed by atoms with van der Waals surface area (Å²) in [5.74, 6) is 1.13. The van der Waals surface area contributed by atoms with E-state index in [4.69, 9.17) is 0 Å². The van der Waals surface area contributed by atoms with Crippen LogP contribution in [-0.2, 0) is 4.79 Å². The van der Waals surface area contributed by atoms with Crippen molar-refractivity contribution in [1.29, 1.82) is 0 Å². The van der Waals surface area contributed by atoms with E-state index in [9.17, 15) is 4.79 Å². The maximum atomic E-state index is 10.9. The fraction of sp³-hybridized carbons (Fsp3) is 0.875. The normalized spacial score (nSPS) is 29.9. The Labute approximate surface area is 56.4 Å². The predicted molar refractivity (Wildman–Crippen MR) is 37.3 cm³/mol. The zero-order valence-electron chi connectivity index (χ0n) is 6.02. The summed E-state index contributed by atoms with van der Waals surface area (Å²) in [5.41, 5.74) is 0. The summed E-state index contributed by atoms with van der Waals surface area (Å²) < 4.78 is 0. The van der Waals surface area contributed by atoms with E-state index in [0.717, 1.165) is 19.3 Å². The van der Waals surface area contributed by atoms with Crippen molar-refractivity contribution in [2.75, 3.05) is 0 Å². The van der Waals surface area contributed by atoms with E-state index in [1.54, 1.807) is 0 Å². The van der Waals surface area contributed by atoms with Gasteiger partial charge in [-0.1, -0.05) is 19.8 Å². The zero-order valence-corrected chi connectivity index (χ0v) is 6.02. The smallest absolute Gasteiger partial charge is 0.133 e. The van der Waals surface area contributed by atoms with E-state index >= 15 is 0 Å². The number of carbonyl (C=O) groups is 1. The highest BCUT2D eigenvalue weighted by molar-refractivity contribution is 5.78. The molecule has 9 heavy (non-hydrogen) atoms. The highest BCUT2D eigenvalue weighted by atomic mass is 16.1. The fourth-order valence-corrected chi connectivity index (χ4v) is 1.41. The minimum atomic E-state index is 0.472. The van der Waals surface area contributed by atoms with Gasteiger partial charge in [-0.25, -0.2) is 0 Å². The molecule has 52 valence electrons. The average molecular weight is 126 g/mol. The SMILES string of the molecule is C[C@H]1CCCCC(=O)C1. The molecule has 0 amide bonds. The average Bonchev–Trinajstić information content (AvgIpc) is 1.93. The molecule has 0 bridgehead atoms. The van der Waals surface area contributed by atoms with Gasteiger partial charge in [-0.15, -0.1) is 0 Å². The molecule has 1 aliphatic rings. The molecule has 1 fully saturated rings. The summed E-state index contributed by atoms with van der Waals surface area (Å²) in [4.78, 5) is 10.9. The Morgan fingerprint density at radius 2 is 2.22 bits per heavy atom. The predicted octanol–water partition coefficient (Wildman–Crippen LogP) is 2.16. The molecule has 0 unspecified atom stereocenters. The van der Waals surface area contributed by atoms with Crippen molar-refractivity contribution >= 4 is 5.78 Å². The monoisotopic (exact) mass is 126 g/mol. The highest BCUT2D eigenvalue weighted by Gasteiger charge is 2.12. The van der Waals surface area contributed by atoms with E-state index in [1.165, 1.54) is 12.8 Å². The van der Waals surface area contributed by atoms with Gasteiger partial charge in [-0.3, -0.25) is 4.79 Å². The lowest BCUT2D eigenvalue weighted by Crippen LogP contribution is -1.99. The van der Waals surface area contributed by atoms with Crippen LogP contribution in [0.4, 0.5) is 0 Å². The molecule has 1 heteroatoms. The lowest BCUT2D eigenvalue weighted by molar-refractivity contribution is -0.119. The van der Waals surface area contributed by atoms with Crippen molar-refractivity contribution in [3.63, 3.8) is 0 Å². The number of rotatable bonds is 0. The maximum absolute atomic E-state index is 10.9. The van der Waals surface area contributed by atoms with Crippen molar-refractivity contribution in [2.24, 2.45) is 5.92 Å². The van der Waals surface area contributed by atoms with E-state index in [0.29, 0.717) is 11.7 Å². The van der Waals surface area contributed by atoms with Gasteiger partial charge in [0, 0.05) is 12.8 Å². The van der Waals surface area contributed by atoms with Gasteiger partial charge < -0.3 is 0 Å². The molecular formula is C8H14O. The van der Waals surface area contributed by atoms with Crippen molar-refractivity contribution in [3.8, 4) is 0 Å². The Morgan fingerprint density at radius 1 is 1.44 bits per heavy atom. The highest BCUT2D eigenvalue weighted by Crippen LogP contribution is 2.19. The fourth-order valence-electron chi connectivity index (χ4n) is 1.41. The molecule has 1 nitrogen and oxygen atoms in total. The summed E-state index contributed by atoms with van der Waals surface area (Å²) in [5, 5.41) is 0. The molecule has 0 N–H and O–H groups in total. The van der Waals surface area contributed by atoms with Gasteiger partial charge in [-0.2, -0.15) is 0 Å². The Morgan fingerprint density at radius 3 is 3.00 bits per heavy atom. The molecular weight excluding hydrogens is 112 g/mol. The Balaban J connectivity index is 2.37. The molecule has 1 atom stereocenters. The lowest BCUT2D eigenvalue weighted by Gasteiger charge is -2.02. The second-order valence-corrected chi connectivity index (χ2v) is 3.09. The number of hydrogen-bond donors (Lipinski definition) is 0. The van der Waals surface area contributed by atoms with Gasteiger partial charge >= 0.3 is 0 Å². The van der Waals surface area contributed by atoms with E-state index < -0.39 is 0 Å². The van der Waals surface area contributed by atoms with Gasteiger partial charge in [0.1, 0.15) is 5.78 Å². The van der Waals surface area contributed by atoms with E-state index in [-0.39, 0.29) is 0 Å². The molecule has 0 aromatic rings. The van der Waals surface area contributed by atoms with Crippen LogP contribution in [0.3, 0.4) is 0 Å². The van der Waals surface area contributed by atoms with Crippen LogP contribution in [0, 0.1) is 5.92 Å². The maximum Gasteiger partial charge on any atom is 0.133 e. The standard InChI is InChI=1S/C8H14O/c1-7-4-2-3-5-8(9)6-7/h7H,2-6H2,1H3/t7-/m0/s1. The lowest BCUT2D eigenvalue weighted by atomic mass is 10.0. The first-order chi connectivity index (χ1) is 4.29. The molecule has 0 heterocycles. The van der Waals surface area contributed by atoms with Crippen LogP contribution in [0.2, 0.25) is 0 Å². The molecule has 1 aliphatic carbocycles. The number of Topliss-reactive ketones (excluding diaryl/α,β-unsaturated/α-hetero) is 1. The second-order valence-electron chi connectivity index (χ2n) is 3.09. The van der Waals surface area contributed by atoms with E-state index in [2.05, 4.69) is 6.92 Å². The van der Waals surface area contributed by atoms with Gasteiger partial charge in [0.25, 0.3) is 0 Å². The first kappa shape index (κ1) is 6.79. The van der Waals surface area contributed by atoms with Crippen LogP contribution < -0.4 is 0 Å². The van der Waals surface area contributed by atoms with Crippen molar-refractivity contribution < 1.29 is 4.79 Å². The third-order valence-corrected chi connectivity index (χ3v) is 1.98. The van der Waals surface area contributed by atoms with Crippen LogP contribution in [0.5, 0.6) is 0 Å². The minimum Gasteiger partial charge on any atom is -0.300 e. The quantitative estimate of drug-likeness (QED) is 0.454. The van der Waals surface area contributed by atoms with Gasteiger partial charge in [-0.05, 0) is 12.3 Å². The van der Waals surface area contributed by atoms with Crippen molar-refractivity contribution in [2.45, 2.75) is 39.0 Å². The summed E-state index contributed by atoms with van der Waals surface area (Å²) in [6, 6.07) is 0. The van der Waals surface area contributed by atoms with E-state index in [1.807, 2.05) is 0 Å². The van der Waals surface area contributed by atoms with Gasteiger partial charge in [0.05, 0.1) is 0 Å². The van der Waals surface area contributed by atoms with Crippen LogP contribution in [-0.4, -0.2) is 5.78 Å². The van der Waals surface area contributed by atoms with Crippen LogP contribution in [0.15, 0.2) is 0 Å². The summed E-state index contributed by atoms with van der Waals surface area (Å²) in [6.45, 7) is 2.17. The topological polar surface area (TPSA) is 17.1 Å². The molecule has 0 radical (unpaired) electrons. The summed E-state index contributed by atoms with van der Waals surface area (Å²) in [7, 11) is 0. The molecule has 0 aromatic carbocycles. The number of hydrogen-bond acceptors (Lipinski definition) is 1. The van der Waals surface area contributed by atoms with Crippen LogP contribution in [0.1, 0.15) is 39.0 Å². The third-order valence-electron chi connectivity index (χ3n) is 1.98. The number of ketones is 1. The zero-order chi connectivity index (χ0) is 6.69. The molecule has 1 rings (SSSR count). The van der Waals surface area contributed by atoms with Gasteiger partial charge in [0.2, 0.25) is 0 Å². The summed E-state index contributed by atoms with van der Waals surface area (Å²) in [6.07, 6.45) is 5.31. The third kappa shape index (κ3) is 2.17.